The van der Waals surface area contributed by atoms with Crippen LogP contribution in [0.15, 0.2) is 18.2 Å². The fourth-order valence-corrected chi connectivity index (χ4v) is 1.98. The van der Waals surface area contributed by atoms with E-state index in [-0.39, 0.29) is 5.56 Å². The summed E-state index contributed by atoms with van der Waals surface area (Å²) in [6.07, 6.45) is -0.430. The van der Waals surface area contributed by atoms with E-state index in [1.54, 1.807) is 12.1 Å². The molecule has 0 radical (unpaired) electrons. The topological polar surface area (TPSA) is 41.9 Å². The number of halogens is 1. The third-order valence-corrected chi connectivity index (χ3v) is 3.17. The molecule has 0 aliphatic carbocycles. The van der Waals surface area contributed by atoms with E-state index in [4.69, 9.17) is 9.47 Å². The molecule has 0 aromatic heterocycles. The Hall–Kier alpha value is -1.17. The molecule has 0 spiro atoms. The van der Waals surface area contributed by atoms with Crippen molar-refractivity contribution >= 4 is 0 Å². The lowest BCUT2D eigenvalue weighted by molar-refractivity contribution is 0.107. The molecule has 0 saturated heterocycles. The van der Waals surface area contributed by atoms with Gasteiger partial charge in [0, 0.05) is 19.7 Å². The van der Waals surface area contributed by atoms with Gasteiger partial charge in [0.25, 0.3) is 0 Å². The molecule has 1 aromatic carbocycles. The van der Waals surface area contributed by atoms with Gasteiger partial charge in [-0.2, -0.15) is 0 Å². The molecular formula is C15H24FNO3. The molecule has 1 unspecified atom stereocenters. The second-order valence-corrected chi connectivity index (χ2v) is 4.66. The summed E-state index contributed by atoms with van der Waals surface area (Å²) in [6, 6.07) is 4.55. The van der Waals surface area contributed by atoms with Gasteiger partial charge in [-0.05, 0) is 32.5 Å². The summed E-state index contributed by atoms with van der Waals surface area (Å²) in [5, 5.41) is 10.2. The van der Waals surface area contributed by atoms with Crippen molar-refractivity contribution in [3.05, 3.63) is 29.6 Å². The molecule has 1 aromatic rings. The Bertz CT molecular complexity index is 401. The first-order valence-corrected chi connectivity index (χ1v) is 6.86. The first-order valence-electron chi connectivity index (χ1n) is 6.86. The van der Waals surface area contributed by atoms with E-state index < -0.39 is 11.9 Å². The van der Waals surface area contributed by atoms with Crippen molar-refractivity contribution < 1.29 is 19.0 Å². The van der Waals surface area contributed by atoms with E-state index in [9.17, 15) is 9.50 Å². The van der Waals surface area contributed by atoms with Crippen LogP contribution in [0.1, 0.15) is 25.0 Å². The lowest BCUT2D eigenvalue weighted by Crippen LogP contribution is -2.25. The second kappa shape index (κ2) is 8.89. The number of hydrogen-bond donors (Lipinski definition) is 1. The summed E-state index contributed by atoms with van der Waals surface area (Å²) in [5.74, 6) is -0.0525. The number of hydrogen-bond acceptors (Lipinski definition) is 4. The molecule has 20 heavy (non-hydrogen) atoms. The molecule has 4 nitrogen and oxygen atoms in total. The quantitative estimate of drug-likeness (QED) is 0.707. The van der Waals surface area contributed by atoms with Gasteiger partial charge < -0.3 is 19.5 Å². The van der Waals surface area contributed by atoms with Crippen LogP contribution in [0, 0.1) is 5.82 Å². The van der Waals surface area contributed by atoms with Crippen molar-refractivity contribution in [3.63, 3.8) is 0 Å². The first kappa shape index (κ1) is 16.9. The molecule has 0 aliphatic rings. The minimum Gasteiger partial charge on any atom is -0.496 e. The molecule has 0 saturated carbocycles. The average Bonchev–Trinajstić information content (AvgIpc) is 2.44. The Labute approximate surface area is 120 Å². The predicted molar refractivity (Wildman–Crippen MR) is 76.5 cm³/mol. The van der Waals surface area contributed by atoms with E-state index in [1.807, 2.05) is 18.9 Å². The van der Waals surface area contributed by atoms with Gasteiger partial charge in [-0.1, -0.05) is 6.07 Å². The van der Waals surface area contributed by atoms with Crippen LogP contribution in [0.25, 0.3) is 0 Å². The van der Waals surface area contributed by atoms with Gasteiger partial charge in [0.2, 0.25) is 0 Å². The highest BCUT2D eigenvalue weighted by atomic mass is 19.1. The number of methoxy groups -OCH3 is 1. The van der Waals surface area contributed by atoms with E-state index in [0.717, 1.165) is 6.54 Å². The van der Waals surface area contributed by atoms with Gasteiger partial charge in [0.15, 0.2) is 0 Å². The largest absolute Gasteiger partial charge is 0.496 e. The second-order valence-electron chi connectivity index (χ2n) is 4.66. The normalized spacial score (nSPS) is 12.7. The van der Waals surface area contributed by atoms with Gasteiger partial charge in [-0.25, -0.2) is 4.39 Å². The maximum absolute atomic E-state index is 13.8. The standard InChI is InChI=1S/C15H24FNO3/c1-4-20-11-10-17(2)9-8-13(18)15-12(16)6-5-7-14(15)19-3/h5-7,13,18H,4,8-11H2,1-3H3. The summed E-state index contributed by atoms with van der Waals surface area (Å²) < 4.78 is 24.2. The molecule has 1 N–H and O–H groups in total. The maximum Gasteiger partial charge on any atom is 0.132 e. The van der Waals surface area contributed by atoms with Crippen LogP contribution in [0.3, 0.4) is 0 Å². The lowest BCUT2D eigenvalue weighted by atomic mass is 10.0. The van der Waals surface area contributed by atoms with E-state index in [1.165, 1.54) is 13.2 Å². The van der Waals surface area contributed by atoms with Crippen LogP contribution in [-0.4, -0.2) is 50.5 Å². The van der Waals surface area contributed by atoms with Gasteiger partial charge in [-0.3, -0.25) is 0 Å². The molecule has 1 rings (SSSR count). The third-order valence-electron chi connectivity index (χ3n) is 3.17. The monoisotopic (exact) mass is 285 g/mol. The highest BCUT2D eigenvalue weighted by Crippen LogP contribution is 2.29. The van der Waals surface area contributed by atoms with Gasteiger partial charge in [0.05, 0.1) is 25.4 Å². The number of benzene rings is 1. The molecule has 0 bridgehead atoms. The number of likely N-dealkylation sites (N-methyl/N-ethyl adjacent to an activating group) is 1. The summed E-state index contributed by atoms with van der Waals surface area (Å²) in [5.41, 5.74) is 0.230. The Kier molecular flexibility index (Phi) is 7.51. The Morgan fingerprint density at radius 2 is 2.10 bits per heavy atom. The predicted octanol–water partition coefficient (Wildman–Crippen LogP) is 2.23. The number of nitrogens with zero attached hydrogens (tertiary/aromatic N) is 1. The fourth-order valence-electron chi connectivity index (χ4n) is 1.98. The number of ether oxygens (including phenoxy) is 2. The Morgan fingerprint density at radius 3 is 2.75 bits per heavy atom. The zero-order valence-electron chi connectivity index (χ0n) is 12.4. The molecule has 5 heteroatoms. The van der Waals surface area contributed by atoms with Crippen molar-refractivity contribution in [1.82, 2.24) is 4.90 Å². The molecule has 114 valence electrons. The van der Waals surface area contributed by atoms with Crippen LogP contribution in [0.2, 0.25) is 0 Å². The summed E-state index contributed by atoms with van der Waals surface area (Å²) in [4.78, 5) is 2.05. The van der Waals surface area contributed by atoms with E-state index in [0.29, 0.717) is 31.9 Å². The van der Waals surface area contributed by atoms with E-state index in [2.05, 4.69) is 0 Å². The summed E-state index contributed by atoms with van der Waals surface area (Å²) in [7, 11) is 3.42. The van der Waals surface area contributed by atoms with Gasteiger partial charge in [0.1, 0.15) is 11.6 Å². The van der Waals surface area contributed by atoms with Crippen LogP contribution in [0.4, 0.5) is 4.39 Å². The molecular weight excluding hydrogens is 261 g/mol. The smallest absolute Gasteiger partial charge is 0.132 e. The van der Waals surface area contributed by atoms with Crippen molar-refractivity contribution in [3.8, 4) is 5.75 Å². The van der Waals surface area contributed by atoms with Crippen LogP contribution in [0.5, 0.6) is 5.75 Å². The number of rotatable bonds is 9. The highest BCUT2D eigenvalue weighted by Gasteiger charge is 2.18. The molecule has 0 amide bonds. The molecule has 0 aliphatic heterocycles. The van der Waals surface area contributed by atoms with Crippen molar-refractivity contribution in [1.29, 1.82) is 0 Å². The fraction of sp³-hybridized carbons (Fsp3) is 0.600. The van der Waals surface area contributed by atoms with E-state index >= 15 is 0 Å². The Balaban J connectivity index is 2.52. The lowest BCUT2D eigenvalue weighted by Gasteiger charge is -2.20. The van der Waals surface area contributed by atoms with Crippen LogP contribution in [-0.2, 0) is 4.74 Å². The highest BCUT2D eigenvalue weighted by molar-refractivity contribution is 5.36. The summed E-state index contributed by atoms with van der Waals surface area (Å²) >= 11 is 0. The zero-order chi connectivity index (χ0) is 15.0. The molecule has 0 fully saturated rings. The average molecular weight is 285 g/mol. The minimum absolute atomic E-state index is 0.230. The van der Waals surface area contributed by atoms with Crippen molar-refractivity contribution in [2.45, 2.75) is 19.4 Å². The van der Waals surface area contributed by atoms with Gasteiger partial charge >= 0.3 is 0 Å². The SMILES string of the molecule is CCOCCN(C)CCC(O)c1c(F)cccc1OC. The number of aliphatic hydroxyl groups excluding tert-OH is 1. The first-order chi connectivity index (χ1) is 9.60. The minimum atomic E-state index is -0.874. The number of aliphatic hydroxyl groups is 1. The zero-order valence-corrected chi connectivity index (χ0v) is 12.4. The maximum atomic E-state index is 13.8. The molecule has 1 atom stereocenters. The van der Waals surface area contributed by atoms with Crippen LogP contribution < -0.4 is 4.74 Å². The summed E-state index contributed by atoms with van der Waals surface area (Å²) in [6.45, 7) is 4.75. The third kappa shape index (κ3) is 5.07. The van der Waals surface area contributed by atoms with Gasteiger partial charge in [-0.15, -0.1) is 0 Å². The van der Waals surface area contributed by atoms with Crippen molar-refractivity contribution in [2.24, 2.45) is 0 Å². The molecule has 0 heterocycles. The Morgan fingerprint density at radius 1 is 1.35 bits per heavy atom. The van der Waals surface area contributed by atoms with Crippen LogP contribution >= 0.6 is 0 Å². The van der Waals surface area contributed by atoms with Crippen molar-refractivity contribution in [2.75, 3.05) is 40.5 Å².